The third-order valence-corrected chi connectivity index (χ3v) is 5.78. The number of hydrogen-bond donors (Lipinski definition) is 3. The summed E-state index contributed by atoms with van der Waals surface area (Å²) >= 11 is 5.97. The second-order valence-corrected chi connectivity index (χ2v) is 9.43. The molecule has 1 aliphatic rings. The number of nitrogens with one attached hydrogen (secondary N) is 3. The average Bonchev–Trinajstić information content (AvgIpc) is 2.63. The Balaban J connectivity index is 1.98. The molecule has 2 aromatic rings. The molecule has 0 spiro atoms. The van der Waals surface area contributed by atoms with Gasteiger partial charge in [0.1, 0.15) is 0 Å². The van der Waals surface area contributed by atoms with Gasteiger partial charge in [0.15, 0.2) is 11.0 Å². The monoisotopic (exact) mass is 432 g/mol. The Morgan fingerprint density at radius 3 is 2.59 bits per heavy atom. The van der Waals surface area contributed by atoms with E-state index in [-0.39, 0.29) is 5.71 Å². The van der Waals surface area contributed by atoms with Crippen LogP contribution < -0.4 is 16.1 Å². The van der Waals surface area contributed by atoms with Gasteiger partial charge in [-0.3, -0.25) is 13.8 Å². The number of carbonyl (C=O) groups excluding carboxylic acids is 2. The lowest BCUT2D eigenvalue weighted by atomic mass is 10.1. The number of halogens is 1. The van der Waals surface area contributed by atoms with Crippen LogP contribution in [0.2, 0.25) is 5.02 Å². The summed E-state index contributed by atoms with van der Waals surface area (Å²) in [5.41, 5.74) is 3.11. The Hall–Kier alpha value is -2.71. The minimum atomic E-state index is -1.79. The second-order valence-electron chi connectivity index (χ2n) is 7.49. The van der Waals surface area contributed by atoms with E-state index in [0.717, 1.165) is 0 Å². The molecule has 1 aliphatic heterocycles. The summed E-state index contributed by atoms with van der Waals surface area (Å²) in [6.45, 7) is 5.57. The fourth-order valence-corrected chi connectivity index (χ4v) is 4.22. The summed E-state index contributed by atoms with van der Waals surface area (Å²) < 4.78 is 13.1. The van der Waals surface area contributed by atoms with Crippen LogP contribution in [0.15, 0.2) is 58.5 Å². The zero-order valence-corrected chi connectivity index (χ0v) is 17.7. The van der Waals surface area contributed by atoms with Crippen molar-refractivity contribution in [2.75, 3.05) is 10.6 Å². The van der Waals surface area contributed by atoms with E-state index in [4.69, 9.17) is 11.6 Å². The number of nitrogens with zero attached hydrogens (tertiary/aromatic N) is 1. The molecule has 9 heteroatoms. The van der Waals surface area contributed by atoms with Crippen molar-refractivity contribution in [2.24, 2.45) is 5.10 Å². The molecule has 3 N–H and O–H groups in total. The maximum absolute atomic E-state index is 13.1. The van der Waals surface area contributed by atoms with Crippen molar-refractivity contribution in [2.45, 2.75) is 36.5 Å². The van der Waals surface area contributed by atoms with Crippen LogP contribution in [0.5, 0.6) is 0 Å². The molecule has 0 aromatic heterocycles. The molecule has 3 rings (SSSR count). The molecule has 0 radical (unpaired) electrons. The van der Waals surface area contributed by atoms with Gasteiger partial charge in [0.2, 0.25) is 5.91 Å². The molecule has 0 unspecified atom stereocenters. The number of amides is 2. The van der Waals surface area contributed by atoms with Gasteiger partial charge in [-0.05, 0) is 51.1 Å². The minimum Gasteiger partial charge on any atom is -0.324 e. The zero-order valence-electron chi connectivity index (χ0n) is 16.2. The number of hydrazone groups is 1. The highest BCUT2D eigenvalue weighted by atomic mass is 35.5. The predicted octanol–water partition coefficient (Wildman–Crippen LogP) is 3.15. The van der Waals surface area contributed by atoms with Gasteiger partial charge in [0, 0.05) is 16.2 Å². The molecule has 0 saturated carbocycles. The molecule has 29 heavy (non-hydrogen) atoms. The van der Waals surface area contributed by atoms with E-state index in [2.05, 4.69) is 21.2 Å². The summed E-state index contributed by atoms with van der Waals surface area (Å²) in [4.78, 5) is 26.2. The molecule has 152 valence electrons. The smallest absolute Gasteiger partial charge is 0.273 e. The van der Waals surface area contributed by atoms with E-state index < -0.39 is 33.4 Å². The van der Waals surface area contributed by atoms with Crippen molar-refractivity contribution >= 4 is 51.3 Å². The Morgan fingerprint density at radius 2 is 1.90 bits per heavy atom. The number of rotatable bonds is 4. The maximum Gasteiger partial charge on any atom is 0.273 e. The molecular weight excluding hydrogens is 412 g/mol. The van der Waals surface area contributed by atoms with Crippen molar-refractivity contribution in [1.29, 1.82) is 0 Å². The van der Waals surface area contributed by atoms with Gasteiger partial charge < -0.3 is 16.1 Å². The van der Waals surface area contributed by atoms with Crippen molar-refractivity contribution in [3.8, 4) is 0 Å². The first-order valence-electron chi connectivity index (χ1n) is 8.88. The number of para-hydroxylation sites is 1. The summed E-state index contributed by atoms with van der Waals surface area (Å²) in [7, 11) is -1.79. The molecule has 2 aromatic carbocycles. The van der Waals surface area contributed by atoms with Gasteiger partial charge in [0.25, 0.3) is 5.91 Å². The summed E-state index contributed by atoms with van der Waals surface area (Å²) in [5.74, 6) is -1.20. The van der Waals surface area contributed by atoms with Crippen molar-refractivity contribution in [1.82, 2.24) is 5.43 Å². The number of hydrogen-bond acceptors (Lipinski definition) is 5. The largest absolute Gasteiger partial charge is 0.324 e. The number of carbonyl (C=O) groups is 2. The normalized spacial score (nSPS) is 19.2. The topological polar surface area (TPSA) is 99.7 Å². The maximum atomic E-state index is 13.1. The molecule has 0 bridgehead atoms. The lowest BCUT2D eigenvalue weighted by Crippen LogP contribution is -2.48. The fraction of sp³-hybridized carbons (Fsp3) is 0.250. The van der Waals surface area contributed by atoms with Crippen LogP contribution in [0.3, 0.4) is 0 Å². The molecule has 2 atom stereocenters. The van der Waals surface area contributed by atoms with Crippen LogP contribution in [-0.4, -0.2) is 32.5 Å². The summed E-state index contributed by atoms with van der Waals surface area (Å²) in [6, 6.07) is 13.4. The quantitative estimate of drug-likeness (QED) is 0.510. The molecule has 0 aliphatic carbocycles. The van der Waals surface area contributed by atoms with Crippen LogP contribution in [-0.2, 0) is 20.4 Å². The number of benzene rings is 2. The highest BCUT2D eigenvalue weighted by Crippen LogP contribution is 2.28. The lowest BCUT2D eigenvalue weighted by molar-refractivity contribution is -0.116. The van der Waals surface area contributed by atoms with Gasteiger partial charge in [-0.2, -0.15) is 5.10 Å². The lowest BCUT2D eigenvalue weighted by Gasteiger charge is -2.26. The van der Waals surface area contributed by atoms with E-state index >= 15 is 0 Å². The van der Waals surface area contributed by atoms with Crippen LogP contribution in [0.25, 0.3) is 0 Å². The first kappa shape index (κ1) is 21.0. The van der Waals surface area contributed by atoms with Crippen LogP contribution in [0.1, 0.15) is 20.8 Å². The zero-order chi connectivity index (χ0) is 21.2. The summed E-state index contributed by atoms with van der Waals surface area (Å²) in [5, 5.41) is 8.74. The molecule has 2 amide bonds. The van der Waals surface area contributed by atoms with E-state index in [9.17, 15) is 13.8 Å². The number of fused-ring (bicyclic) bond motifs is 1. The fourth-order valence-electron chi connectivity index (χ4n) is 2.61. The van der Waals surface area contributed by atoms with Gasteiger partial charge in [0.05, 0.1) is 21.4 Å². The van der Waals surface area contributed by atoms with E-state index in [1.807, 2.05) is 20.8 Å². The molecule has 0 fully saturated rings. The van der Waals surface area contributed by atoms with Gasteiger partial charge in [-0.15, -0.1) is 0 Å². The third-order valence-electron chi connectivity index (χ3n) is 3.89. The SMILES string of the molecule is CC(C)(C)N/N=C(/C(=O)Nc1cccc(Cl)c1)[C@@H]1C(=O)Nc2ccccc2[S@@]1=O. The highest BCUT2D eigenvalue weighted by molar-refractivity contribution is 7.88. The number of anilines is 2. The standard InChI is InChI=1S/C20H21ClN4O3S/c1-20(2,3)25-24-16(18(26)22-13-8-6-7-12(21)11-13)17-19(27)23-14-9-4-5-10-15(14)29(17)28/h4-11,17,25H,1-3H3,(H,22,26)(H,23,27)/b24-16+/t17-,29+/m1/s1. The third kappa shape index (κ3) is 5.02. The van der Waals surface area contributed by atoms with E-state index in [1.165, 1.54) is 0 Å². The van der Waals surface area contributed by atoms with E-state index in [1.54, 1.807) is 48.5 Å². The second kappa shape index (κ2) is 8.34. The molecule has 0 saturated heterocycles. The molecular formula is C20H21ClN4O3S. The van der Waals surface area contributed by atoms with Gasteiger partial charge >= 0.3 is 0 Å². The van der Waals surface area contributed by atoms with Gasteiger partial charge in [-0.25, -0.2) is 0 Å². The van der Waals surface area contributed by atoms with Crippen molar-refractivity contribution in [3.63, 3.8) is 0 Å². The van der Waals surface area contributed by atoms with Crippen molar-refractivity contribution in [3.05, 3.63) is 53.6 Å². The first-order chi connectivity index (χ1) is 13.7. The highest BCUT2D eigenvalue weighted by Gasteiger charge is 2.40. The Morgan fingerprint density at radius 1 is 1.17 bits per heavy atom. The van der Waals surface area contributed by atoms with E-state index in [0.29, 0.717) is 21.3 Å². The summed E-state index contributed by atoms with van der Waals surface area (Å²) in [6.07, 6.45) is 0. The Labute approximate surface area is 176 Å². The first-order valence-corrected chi connectivity index (χ1v) is 10.5. The van der Waals surface area contributed by atoms with Crippen LogP contribution in [0, 0.1) is 0 Å². The van der Waals surface area contributed by atoms with Crippen molar-refractivity contribution < 1.29 is 13.8 Å². The van der Waals surface area contributed by atoms with Gasteiger partial charge in [-0.1, -0.05) is 29.8 Å². The average molecular weight is 433 g/mol. The molecule has 1 heterocycles. The Bertz CT molecular complexity index is 1020. The molecule has 7 nitrogen and oxygen atoms in total. The predicted molar refractivity (Wildman–Crippen MR) is 116 cm³/mol. The van der Waals surface area contributed by atoms with Crippen LogP contribution >= 0.6 is 11.6 Å². The minimum absolute atomic E-state index is 0.176. The van der Waals surface area contributed by atoms with Crippen LogP contribution in [0.4, 0.5) is 11.4 Å². The Kier molecular flexibility index (Phi) is 6.04.